The van der Waals surface area contributed by atoms with Crippen molar-refractivity contribution in [3.8, 4) is 0 Å². The maximum atomic E-state index is 3.66. The Morgan fingerprint density at radius 3 is 2.00 bits per heavy atom. The lowest BCUT2D eigenvalue weighted by Gasteiger charge is -2.16. The van der Waals surface area contributed by atoms with Crippen molar-refractivity contribution in [1.82, 2.24) is 5.32 Å². The monoisotopic (exact) mass is 239 g/mol. The highest BCUT2D eigenvalue weighted by Gasteiger charge is 2.29. The quantitative estimate of drug-likeness (QED) is 0.477. The van der Waals surface area contributed by atoms with Crippen LogP contribution in [0.1, 0.15) is 84.5 Å². The minimum atomic E-state index is 0.847. The van der Waals surface area contributed by atoms with Gasteiger partial charge in [-0.15, -0.1) is 0 Å². The second kappa shape index (κ2) is 9.94. The van der Waals surface area contributed by atoms with Gasteiger partial charge in [-0.2, -0.15) is 0 Å². The highest BCUT2D eigenvalue weighted by atomic mass is 14.9. The van der Waals surface area contributed by atoms with Gasteiger partial charge >= 0.3 is 0 Å². The third-order valence-electron chi connectivity index (χ3n) is 4.03. The molecule has 1 N–H and O–H groups in total. The molecule has 0 aromatic heterocycles. The van der Waals surface area contributed by atoms with Gasteiger partial charge in [0.25, 0.3) is 0 Å². The van der Waals surface area contributed by atoms with E-state index in [4.69, 9.17) is 0 Å². The van der Waals surface area contributed by atoms with E-state index in [9.17, 15) is 0 Å². The Bertz CT molecular complexity index is 163. The molecule has 0 spiro atoms. The summed E-state index contributed by atoms with van der Waals surface area (Å²) >= 11 is 0. The molecule has 1 aliphatic carbocycles. The highest BCUT2D eigenvalue weighted by molar-refractivity contribution is 4.85. The van der Waals surface area contributed by atoms with Crippen LogP contribution in [0.15, 0.2) is 0 Å². The van der Waals surface area contributed by atoms with Gasteiger partial charge < -0.3 is 5.32 Å². The normalized spacial score (nSPS) is 17.3. The van der Waals surface area contributed by atoms with E-state index in [-0.39, 0.29) is 0 Å². The molecule has 17 heavy (non-hydrogen) atoms. The largest absolute Gasteiger partial charge is 0.314 e. The number of nitrogens with one attached hydrogen (secondary N) is 1. The number of hydrogen-bond acceptors (Lipinski definition) is 1. The van der Waals surface area contributed by atoms with E-state index in [0.29, 0.717) is 0 Å². The molecule has 0 aromatic carbocycles. The maximum Gasteiger partial charge on any atom is 0.00952 e. The Morgan fingerprint density at radius 1 is 0.882 bits per heavy atom. The summed E-state index contributed by atoms with van der Waals surface area (Å²) < 4.78 is 0. The molecule has 1 aliphatic rings. The predicted molar refractivity (Wildman–Crippen MR) is 77.4 cm³/mol. The summed E-state index contributed by atoms with van der Waals surface area (Å²) in [7, 11) is 0. The van der Waals surface area contributed by atoms with Crippen LogP contribution in [-0.4, -0.2) is 12.6 Å². The van der Waals surface area contributed by atoms with Gasteiger partial charge in [-0.25, -0.2) is 0 Å². The average molecular weight is 239 g/mol. The first-order chi connectivity index (χ1) is 8.38. The van der Waals surface area contributed by atoms with E-state index in [1.807, 2.05) is 0 Å². The molecule has 1 unspecified atom stereocenters. The Hall–Kier alpha value is -0.0400. The van der Waals surface area contributed by atoms with E-state index in [1.54, 1.807) is 0 Å². The molecule has 1 heteroatoms. The third kappa shape index (κ3) is 7.81. The first kappa shape index (κ1) is 15.0. The van der Waals surface area contributed by atoms with E-state index in [2.05, 4.69) is 19.2 Å². The van der Waals surface area contributed by atoms with E-state index < -0.39 is 0 Å². The van der Waals surface area contributed by atoms with Gasteiger partial charge in [0.05, 0.1) is 0 Å². The first-order valence-electron chi connectivity index (χ1n) is 8.11. The van der Waals surface area contributed by atoms with E-state index in [1.165, 1.54) is 70.6 Å². The zero-order valence-corrected chi connectivity index (χ0v) is 12.1. The van der Waals surface area contributed by atoms with Crippen LogP contribution in [0.2, 0.25) is 0 Å². The average Bonchev–Trinajstić information content (AvgIpc) is 3.15. The molecule has 0 saturated heterocycles. The molecular formula is C16H33N. The molecule has 0 aliphatic heterocycles. The summed E-state index contributed by atoms with van der Waals surface area (Å²) in [5.41, 5.74) is 0. The molecule has 1 rings (SSSR count). The number of hydrogen-bond donors (Lipinski definition) is 1. The van der Waals surface area contributed by atoms with Crippen molar-refractivity contribution in [3.63, 3.8) is 0 Å². The Morgan fingerprint density at radius 2 is 1.47 bits per heavy atom. The van der Waals surface area contributed by atoms with Crippen LogP contribution in [0, 0.1) is 5.92 Å². The number of rotatable bonds is 12. The Kier molecular flexibility index (Phi) is 8.78. The highest BCUT2D eigenvalue weighted by Crippen LogP contribution is 2.34. The fourth-order valence-electron chi connectivity index (χ4n) is 2.76. The van der Waals surface area contributed by atoms with Crippen molar-refractivity contribution >= 4 is 0 Å². The molecule has 1 fully saturated rings. The molecule has 1 nitrogen and oxygen atoms in total. The topological polar surface area (TPSA) is 12.0 Å². The standard InChI is InChI=1S/C16H33N/c1-3-5-6-7-8-9-10-11-12-16(17-4-2)15-13-14-15/h15-17H,3-14H2,1-2H3. The van der Waals surface area contributed by atoms with Crippen LogP contribution in [0.25, 0.3) is 0 Å². The lowest BCUT2D eigenvalue weighted by molar-refractivity contribution is 0.422. The van der Waals surface area contributed by atoms with Gasteiger partial charge in [-0.1, -0.05) is 65.2 Å². The first-order valence-corrected chi connectivity index (χ1v) is 8.11. The summed E-state index contributed by atoms with van der Waals surface area (Å²) in [6.07, 6.45) is 15.9. The van der Waals surface area contributed by atoms with Crippen molar-refractivity contribution in [2.24, 2.45) is 5.92 Å². The van der Waals surface area contributed by atoms with Crippen LogP contribution < -0.4 is 5.32 Å². The van der Waals surface area contributed by atoms with E-state index >= 15 is 0 Å². The predicted octanol–water partition coefficient (Wildman–Crippen LogP) is 4.91. The summed E-state index contributed by atoms with van der Waals surface area (Å²) in [6.45, 7) is 5.68. The van der Waals surface area contributed by atoms with Crippen LogP contribution in [-0.2, 0) is 0 Å². The SMILES string of the molecule is CCCCCCCCCCC(NCC)C1CC1. The van der Waals surface area contributed by atoms with Crippen LogP contribution in [0.3, 0.4) is 0 Å². The zero-order valence-electron chi connectivity index (χ0n) is 12.1. The minimum Gasteiger partial charge on any atom is -0.314 e. The second-order valence-electron chi connectivity index (χ2n) is 5.77. The van der Waals surface area contributed by atoms with Gasteiger partial charge in [-0.05, 0) is 31.7 Å². The molecule has 0 aromatic rings. The fourth-order valence-corrected chi connectivity index (χ4v) is 2.76. The molecule has 0 amide bonds. The minimum absolute atomic E-state index is 0.847. The molecule has 1 saturated carbocycles. The Labute approximate surface area is 109 Å². The van der Waals surface area contributed by atoms with Crippen molar-refractivity contribution in [2.45, 2.75) is 90.5 Å². The van der Waals surface area contributed by atoms with Crippen LogP contribution >= 0.6 is 0 Å². The maximum absolute atomic E-state index is 3.66. The van der Waals surface area contributed by atoms with Gasteiger partial charge in [0.1, 0.15) is 0 Å². The van der Waals surface area contributed by atoms with Gasteiger partial charge in [0, 0.05) is 6.04 Å². The van der Waals surface area contributed by atoms with Crippen molar-refractivity contribution in [2.75, 3.05) is 6.54 Å². The summed E-state index contributed by atoms with van der Waals surface area (Å²) in [5.74, 6) is 1.03. The zero-order chi connectivity index (χ0) is 12.3. The molecule has 0 heterocycles. The van der Waals surface area contributed by atoms with Gasteiger partial charge in [0.2, 0.25) is 0 Å². The molecular weight excluding hydrogens is 206 g/mol. The smallest absolute Gasteiger partial charge is 0.00952 e. The molecule has 0 radical (unpaired) electrons. The third-order valence-corrected chi connectivity index (χ3v) is 4.03. The van der Waals surface area contributed by atoms with E-state index in [0.717, 1.165) is 18.5 Å². The Balaban J connectivity index is 1.85. The van der Waals surface area contributed by atoms with Crippen molar-refractivity contribution < 1.29 is 0 Å². The van der Waals surface area contributed by atoms with Crippen LogP contribution in [0.5, 0.6) is 0 Å². The second-order valence-corrected chi connectivity index (χ2v) is 5.77. The molecule has 0 bridgehead atoms. The summed E-state index contributed by atoms with van der Waals surface area (Å²) in [4.78, 5) is 0. The van der Waals surface area contributed by atoms with Crippen molar-refractivity contribution in [1.29, 1.82) is 0 Å². The van der Waals surface area contributed by atoms with Gasteiger partial charge in [-0.3, -0.25) is 0 Å². The fraction of sp³-hybridized carbons (Fsp3) is 1.00. The molecule has 102 valence electrons. The van der Waals surface area contributed by atoms with Crippen LogP contribution in [0.4, 0.5) is 0 Å². The number of unbranched alkanes of at least 4 members (excludes halogenated alkanes) is 7. The summed E-state index contributed by atoms with van der Waals surface area (Å²) in [6, 6.07) is 0.847. The van der Waals surface area contributed by atoms with Crippen molar-refractivity contribution in [3.05, 3.63) is 0 Å². The summed E-state index contributed by atoms with van der Waals surface area (Å²) in [5, 5.41) is 3.66. The lowest BCUT2D eigenvalue weighted by atomic mass is 10.0. The van der Waals surface area contributed by atoms with Gasteiger partial charge in [0.15, 0.2) is 0 Å². The lowest BCUT2D eigenvalue weighted by Crippen LogP contribution is -2.30. The molecule has 1 atom stereocenters.